The Balaban J connectivity index is 2.12. The molecular formula is C19H21ClO. The van der Waals surface area contributed by atoms with Crippen molar-refractivity contribution in [3.05, 3.63) is 71.3 Å². The highest BCUT2D eigenvalue weighted by atomic mass is 35.5. The normalized spacial score (nSPS) is 12.1. The molecule has 2 rings (SSSR count). The number of benzene rings is 2. The van der Waals surface area contributed by atoms with Crippen LogP contribution < -0.4 is 0 Å². The van der Waals surface area contributed by atoms with Crippen molar-refractivity contribution in [2.45, 2.75) is 32.1 Å². The number of carbonyl (C=O) groups excluding carboxylic acids is 1. The molecule has 21 heavy (non-hydrogen) atoms. The summed E-state index contributed by atoms with van der Waals surface area (Å²) in [6.45, 7) is 2.21. The summed E-state index contributed by atoms with van der Waals surface area (Å²) in [7, 11) is 0. The Morgan fingerprint density at radius 2 is 1.71 bits per heavy atom. The molecule has 0 N–H and O–H groups in total. The molecule has 0 amide bonds. The first kappa shape index (κ1) is 15.8. The van der Waals surface area contributed by atoms with E-state index in [1.165, 1.54) is 5.56 Å². The zero-order valence-corrected chi connectivity index (χ0v) is 13.1. The molecule has 0 aliphatic heterocycles. The third-order valence-electron chi connectivity index (χ3n) is 3.77. The van der Waals surface area contributed by atoms with Gasteiger partial charge in [0.1, 0.15) is 0 Å². The van der Waals surface area contributed by atoms with E-state index in [0.29, 0.717) is 5.92 Å². The fraction of sp³-hybridized carbons (Fsp3) is 0.316. The van der Waals surface area contributed by atoms with E-state index in [9.17, 15) is 4.79 Å². The van der Waals surface area contributed by atoms with Crippen LogP contribution in [0.2, 0.25) is 0 Å². The minimum absolute atomic E-state index is 0.0883. The van der Waals surface area contributed by atoms with Crippen LogP contribution in [0, 0.1) is 0 Å². The maximum atomic E-state index is 12.5. The Labute approximate surface area is 132 Å². The molecule has 0 aliphatic rings. The zero-order chi connectivity index (χ0) is 15.1. The quantitative estimate of drug-likeness (QED) is 0.378. The molecule has 2 aromatic carbocycles. The molecule has 0 heterocycles. The van der Waals surface area contributed by atoms with Crippen molar-refractivity contribution in [1.82, 2.24) is 0 Å². The van der Waals surface area contributed by atoms with Crippen molar-refractivity contribution < 1.29 is 4.79 Å². The molecule has 0 fully saturated rings. The fourth-order valence-corrected chi connectivity index (χ4v) is 2.64. The lowest BCUT2D eigenvalue weighted by atomic mass is 9.92. The second-order valence-electron chi connectivity index (χ2n) is 5.41. The molecule has 0 bridgehead atoms. The number of rotatable bonds is 7. The summed E-state index contributed by atoms with van der Waals surface area (Å²) in [5.74, 6) is 1.27. The molecule has 2 aromatic rings. The smallest absolute Gasteiger partial charge is 0.193 e. The number of carbonyl (C=O) groups is 1. The Morgan fingerprint density at radius 1 is 1.00 bits per heavy atom. The topological polar surface area (TPSA) is 17.1 Å². The Hall–Kier alpha value is -1.60. The monoisotopic (exact) mass is 300 g/mol. The van der Waals surface area contributed by atoms with Gasteiger partial charge in [-0.2, -0.15) is 0 Å². The van der Waals surface area contributed by atoms with Gasteiger partial charge in [-0.15, -0.1) is 11.6 Å². The predicted molar refractivity (Wildman–Crippen MR) is 89.3 cm³/mol. The van der Waals surface area contributed by atoms with E-state index in [0.717, 1.165) is 36.3 Å². The number of hydrogen-bond donors (Lipinski definition) is 0. The number of alkyl halides is 1. The summed E-state index contributed by atoms with van der Waals surface area (Å²) in [6, 6.07) is 17.4. The lowest BCUT2D eigenvalue weighted by molar-refractivity contribution is 0.103. The van der Waals surface area contributed by atoms with Crippen molar-refractivity contribution in [3.8, 4) is 0 Å². The third-order valence-corrected chi connectivity index (χ3v) is 4.04. The van der Waals surface area contributed by atoms with E-state index >= 15 is 0 Å². The van der Waals surface area contributed by atoms with E-state index in [1.807, 2.05) is 48.5 Å². The van der Waals surface area contributed by atoms with Crippen molar-refractivity contribution in [2.75, 3.05) is 5.88 Å². The minimum atomic E-state index is 0.0883. The maximum absolute atomic E-state index is 12.5. The van der Waals surface area contributed by atoms with E-state index in [4.69, 9.17) is 11.6 Å². The van der Waals surface area contributed by atoms with Gasteiger partial charge in [0.25, 0.3) is 0 Å². The second-order valence-corrected chi connectivity index (χ2v) is 5.78. The largest absolute Gasteiger partial charge is 0.289 e. The zero-order valence-electron chi connectivity index (χ0n) is 12.4. The van der Waals surface area contributed by atoms with Crippen LogP contribution in [0.25, 0.3) is 0 Å². The summed E-state index contributed by atoms with van der Waals surface area (Å²) in [4.78, 5) is 12.5. The van der Waals surface area contributed by atoms with Crippen LogP contribution in [0.15, 0.2) is 54.6 Å². The Kier molecular flexibility index (Phi) is 6.01. The molecule has 1 nitrogen and oxygen atoms in total. The lowest BCUT2D eigenvalue weighted by Crippen LogP contribution is -2.03. The molecule has 2 heteroatoms. The third kappa shape index (κ3) is 4.44. The predicted octanol–water partition coefficient (Wildman–Crippen LogP) is 5.43. The van der Waals surface area contributed by atoms with Crippen LogP contribution in [0.1, 0.15) is 53.6 Å². The van der Waals surface area contributed by atoms with Gasteiger partial charge in [-0.25, -0.2) is 0 Å². The van der Waals surface area contributed by atoms with Gasteiger partial charge in [-0.1, -0.05) is 61.9 Å². The van der Waals surface area contributed by atoms with Crippen LogP contribution in [-0.4, -0.2) is 11.7 Å². The highest BCUT2D eigenvalue weighted by molar-refractivity contribution is 6.17. The molecule has 1 atom stereocenters. The van der Waals surface area contributed by atoms with Crippen molar-refractivity contribution in [1.29, 1.82) is 0 Å². The molecule has 0 radical (unpaired) electrons. The van der Waals surface area contributed by atoms with Crippen LogP contribution >= 0.6 is 11.6 Å². The molecular weight excluding hydrogens is 280 g/mol. The molecule has 0 aromatic heterocycles. The summed E-state index contributed by atoms with van der Waals surface area (Å²) < 4.78 is 0. The number of hydrogen-bond acceptors (Lipinski definition) is 1. The van der Waals surface area contributed by atoms with Crippen LogP contribution in [0.4, 0.5) is 0 Å². The Bertz CT molecular complexity index is 577. The van der Waals surface area contributed by atoms with Gasteiger partial charge in [-0.05, 0) is 30.4 Å². The summed E-state index contributed by atoms with van der Waals surface area (Å²) in [5.41, 5.74) is 2.73. The van der Waals surface area contributed by atoms with Crippen molar-refractivity contribution >= 4 is 17.4 Å². The Morgan fingerprint density at radius 3 is 2.43 bits per heavy atom. The average Bonchev–Trinajstić information content (AvgIpc) is 2.55. The van der Waals surface area contributed by atoms with Gasteiger partial charge in [-0.3, -0.25) is 4.79 Å². The molecule has 0 saturated carbocycles. The van der Waals surface area contributed by atoms with E-state index in [1.54, 1.807) is 0 Å². The highest BCUT2D eigenvalue weighted by Gasteiger charge is 2.11. The number of unbranched alkanes of at least 4 members (excludes halogenated alkanes) is 1. The van der Waals surface area contributed by atoms with Gasteiger partial charge >= 0.3 is 0 Å². The average molecular weight is 301 g/mol. The fourth-order valence-electron chi connectivity index (χ4n) is 2.45. The highest BCUT2D eigenvalue weighted by Crippen LogP contribution is 2.23. The summed E-state index contributed by atoms with van der Waals surface area (Å²) in [6.07, 6.45) is 3.28. The molecule has 0 spiro atoms. The van der Waals surface area contributed by atoms with E-state index in [2.05, 4.69) is 13.0 Å². The maximum Gasteiger partial charge on any atom is 0.193 e. The van der Waals surface area contributed by atoms with Gasteiger partial charge in [0.15, 0.2) is 5.78 Å². The van der Waals surface area contributed by atoms with Crippen LogP contribution in [-0.2, 0) is 0 Å². The van der Waals surface area contributed by atoms with Gasteiger partial charge < -0.3 is 0 Å². The standard InChI is InChI=1S/C19H21ClO/c1-15(8-5-6-13-20)17-11-7-12-18(14-17)19(21)16-9-3-2-4-10-16/h2-4,7,9-12,14-15H,5-6,8,13H2,1H3. The van der Waals surface area contributed by atoms with Crippen LogP contribution in [0.5, 0.6) is 0 Å². The van der Waals surface area contributed by atoms with Crippen LogP contribution in [0.3, 0.4) is 0 Å². The van der Waals surface area contributed by atoms with E-state index < -0.39 is 0 Å². The first-order valence-electron chi connectivity index (χ1n) is 7.48. The van der Waals surface area contributed by atoms with Gasteiger partial charge in [0, 0.05) is 17.0 Å². The second kappa shape index (κ2) is 7.99. The first-order chi connectivity index (χ1) is 10.2. The first-order valence-corrected chi connectivity index (χ1v) is 8.01. The molecule has 110 valence electrons. The molecule has 0 saturated heterocycles. The van der Waals surface area contributed by atoms with E-state index in [-0.39, 0.29) is 5.78 Å². The summed E-state index contributed by atoms with van der Waals surface area (Å²) in [5, 5.41) is 0. The van der Waals surface area contributed by atoms with Gasteiger partial charge in [0.2, 0.25) is 0 Å². The van der Waals surface area contributed by atoms with Crippen molar-refractivity contribution in [3.63, 3.8) is 0 Å². The van der Waals surface area contributed by atoms with Crippen molar-refractivity contribution in [2.24, 2.45) is 0 Å². The number of halogens is 1. The van der Waals surface area contributed by atoms with Gasteiger partial charge in [0.05, 0.1) is 0 Å². The molecule has 1 unspecified atom stereocenters. The molecule has 0 aliphatic carbocycles. The lowest BCUT2D eigenvalue weighted by Gasteiger charge is -2.12. The number of ketones is 1. The SMILES string of the molecule is CC(CCCCCl)c1cccc(C(=O)c2ccccc2)c1. The minimum Gasteiger partial charge on any atom is -0.289 e. The summed E-state index contributed by atoms with van der Waals surface area (Å²) >= 11 is 5.72.